The zero-order valence-corrected chi connectivity index (χ0v) is 11.1. The van der Waals surface area contributed by atoms with Crippen molar-refractivity contribution < 1.29 is 9.90 Å². The second-order valence-electron chi connectivity index (χ2n) is 5.52. The zero-order valence-electron chi connectivity index (χ0n) is 11.1. The van der Waals surface area contributed by atoms with E-state index in [-0.39, 0.29) is 18.4 Å². The van der Waals surface area contributed by atoms with Gasteiger partial charge in [-0.25, -0.2) is 0 Å². The maximum absolute atomic E-state index is 11.9. The molecule has 0 aromatic carbocycles. The Morgan fingerprint density at radius 3 is 2.95 bits per heavy atom. The van der Waals surface area contributed by atoms with Crippen molar-refractivity contribution in [3.8, 4) is 0 Å². The number of aryl methyl sites for hydroxylation is 1. The monoisotopic (exact) mass is 264 g/mol. The fraction of sp³-hybridized carbons (Fsp3) is 0.769. The van der Waals surface area contributed by atoms with E-state index in [4.69, 9.17) is 5.11 Å². The predicted octanol–water partition coefficient (Wildman–Crippen LogP) is 0.345. The molecule has 19 heavy (non-hydrogen) atoms. The fourth-order valence-corrected chi connectivity index (χ4v) is 2.96. The van der Waals surface area contributed by atoms with Crippen LogP contribution < -0.4 is 0 Å². The van der Waals surface area contributed by atoms with Crippen LogP contribution in [-0.4, -0.2) is 43.8 Å². The van der Waals surface area contributed by atoms with Crippen LogP contribution >= 0.6 is 0 Å². The molecule has 0 aliphatic carbocycles. The summed E-state index contributed by atoms with van der Waals surface area (Å²) in [4.78, 5) is 13.7. The molecule has 2 aliphatic rings. The second-order valence-corrected chi connectivity index (χ2v) is 5.52. The smallest absolute Gasteiger partial charge is 0.223 e. The first kappa shape index (κ1) is 12.6. The minimum Gasteiger partial charge on any atom is -0.396 e. The van der Waals surface area contributed by atoms with Crippen LogP contribution in [0.3, 0.4) is 0 Å². The van der Waals surface area contributed by atoms with Crippen LogP contribution in [0, 0.1) is 5.92 Å². The Labute approximate surface area is 112 Å². The Bertz CT molecular complexity index is 471. The van der Waals surface area contributed by atoms with Crippen molar-refractivity contribution in [1.29, 1.82) is 0 Å². The summed E-state index contributed by atoms with van der Waals surface area (Å²) in [6.07, 6.45) is 5.01. The molecule has 3 rings (SSSR count). The second kappa shape index (κ2) is 5.28. The van der Waals surface area contributed by atoms with Gasteiger partial charge in [0.15, 0.2) is 5.82 Å². The molecular formula is C13H20N4O2. The van der Waals surface area contributed by atoms with E-state index in [1.807, 2.05) is 0 Å². The number of aromatic nitrogens is 3. The van der Waals surface area contributed by atoms with Gasteiger partial charge in [-0.2, -0.15) is 0 Å². The van der Waals surface area contributed by atoms with Crippen LogP contribution in [0.25, 0.3) is 0 Å². The van der Waals surface area contributed by atoms with Gasteiger partial charge in [0.05, 0.1) is 6.54 Å². The number of hydrogen-bond acceptors (Lipinski definition) is 4. The summed E-state index contributed by atoms with van der Waals surface area (Å²) in [5.74, 6) is 2.14. The third-order valence-corrected chi connectivity index (χ3v) is 4.07. The van der Waals surface area contributed by atoms with Crippen LogP contribution in [0.15, 0.2) is 0 Å². The molecule has 1 unspecified atom stereocenters. The largest absolute Gasteiger partial charge is 0.396 e. The van der Waals surface area contributed by atoms with Gasteiger partial charge in [-0.3, -0.25) is 4.79 Å². The van der Waals surface area contributed by atoms with E-state index in [9.17, 15) is 4.79 Å². The molecule has 2 aliphatic heterocycles. The van der Waals surface area contributed by atoms with E-state index in [0.717, 1.165) is 31.0 Å². The number of rotatable bonds is 3. The van der Waals surface area contributed by atoms with Gasteiger partial charge in [0, 0.05) is 38.5 Å². The SMILES string of the molecule is O=C1CC(CO)CN1Cc1nnc2n1CCCCC2. The van der Waals surface area contributed by atoms with Crippen LogP contribution in [0.4, 0.5) is 0 Å². The molecule has 1 aromatic rings. The molecule has 1 amide bonds. The van der Waals surface area contributed by atoms with Crippen molar-refractivity contribution in [2.75, 3.05) is 13.2 Å². The summed E-state index contributed by atoms with van der Waals surface area (Å²) in [6, 6.07) is 0. The molecule has 1 aromatic heterocycles. The number of aliphatic hydroxyl groups is 1. The molecule has 0 saturated carbocycles. The third kappa shape index (κ3) is 2.49. The fourth-order valence-electron chi connectivity index (χ4n) is 2.96. The number of fused-ring (bicyclic) bond motifs is 1. The average Bonchev–Trinajstić information content (AvgIpc) is 2.86. The molecule has 3 heterocycles. The summed E-state index contributed by atoms with van der Waals surface area (Å²) in [7, 11) is 0. The summed E-state index contributed by atoms with van der Waals surface area (Å²) < 4.78 is 2.17. The molecule has 0 radical (unpaired) electrons. The van der Waals surface area contributed by atoms with Gasteiger partial charge >= 0.3 is 0 Å². The molecule has 6 nitrogen and oxygen atoms in total. The highest BCUT2D eigenvalue weighted by atomic mass is 16.3. The Balaban J connectivity index is 1.73. The zero-order chi connectivity index (χ0) is 13.2. The van der Waals surface area contributed by atoms with E-state index in [1.165, 1.54) is 12.8 Å². The first-order chi connectivity index (χ1) is 9.28. The van der Waals surface area contributed by atoms with Gasteiger partial charge in [-0.05, 0) is 12.8 Å². The van der Waals surface area contributed by atoms with Crippen molar-refractivity contribution in [3.63, 3.8) is 0 Å². The summed E-state index contributed by atoms with van der Waals surface area (Å²) in [6.45, 7) is 2.21. The highest BCUT2D eigenvalue weighted by Crippen LogP contribution is 2.21. The predicted molar refractivity (Wildman–Crippen MR) is 68.2 cm³/mol. The van der Waals surface area contributed by atoms with Gasteiger partial charge in [0.2, 0.25) is 5.91 Å². The number of hydrogen-bond donors (Lipinski definition) is 1. The van der Waals surface area contributed by atoms with Crippen LogP contribution in [0.1, 0.15) is 37.3 Å². The Morgan fingerprint density at radius 2 is 2.16 bits per heavy atom. The molecule has 104 valence electrons. The molecular weight excluding hydrogens is 244 g/mol. The van der Waals surface area contributed by atoms with Gasteiger partial charge in [0.1, 0.15) is 5.82 Å². The number of likely N-dealkylation sites (tertiary alicyclic amines) is 1. The van der Waals surface area contributed by atoms with Crippen LogP contribution in [0.5, 0.6) is 0 Å². The summed E-state index contributed by atoms with van der Waals surface area (Å²) in [5, 5.41) is 17.6. The third-order valence-electron chi connectivity index (χ3n) is 4.07. The number of carbonyl (C=O) groups is 1. The average molecular weight is 264 g/mol. The molecule has 1 N–H and O–H groups in total. The number of nitrogens with zero attached hydrogens (tertiary/aromatic N) is 4. The van der Waals surface area contributed by atoms with Crippen molar-refractivity contribution in [2.24, 2.45) is 5.92 Å². The lowest BCUT2D eigenvalue weighted by Gasteiger charge is -2.16. The van der Waals surface area contributed by atoms with Crippen LogP contribution in [0.2, 0.25) is 0 Å². The van der Waals surface area contributed by atoms with E-state index in [0.29, 0.717) is 19.5 Å². The molecule has 1 saturated heterocycles. The van der Waals surface area contributed by atoms with E-state index in [2.05, 4.69) is 14.8 Å². The quantitative estimate of drug-likeness (QED) is 0.855. The topological polar surface area (TPSA) is 71.2 Å². The lowest BCUT2D eigenvalue weighted by Crippen LogP contribution is -2.27. The van der Waals surface area contributed by atoms with Gasteiger partial charge in [-0.1, -0.05) is 6.42 Å². The van der Waals surface area contributed by atoms with Crippen LogP contribution in [-0.2, 0) is 24.3 Å². The molecule has 6 heteroatoms. The Morgan fingerprint density at radius 1 is 1.26 bits per heavy atom. The Kier molecular flexibility index (Phi) is 3.50. The Hall–Kier alpha value is -1.43. The van der Waals surface area contributed by atoms with Gasteiger partial charge in [-0.15, -0.1) is 10.2 Å². The highest BCUT2D eigenvalue weighted by molar-refractivity contribution is 5.78. The number of aliphatic hydroxyl groups excluding tert-OH is 1. The summed E-state index contributed by atoms with van der Waals surface area (Å²) >= 11 is 0. The van der Waals surface area contributed by atoms with Crippen molar-refractivity contribution in [1.82, 2.24) is 19.7 Å². The van der Waals surface area contributed by atoms with E-state index in [1.54, 1.807) is 4.90 Å². The molecule has 0 bridgehead atoms. The lowest BCUT2D eigenvalue weighted by atomic mass is 10.1. The molecule has 1 fully saturated rings. The maximum atomic E-state index is 11.9. The lowest BCUT2D eigenvalue weighted by molar-refractivity contribution is -0.128. The first-order valence-electron chi connectivity index (χ1n) is 7.07. The van der Waals surface area contributed by atoms with Gasteiger partial charge in [0.25, 0.3) is 0 Å². The maximum Gasteiger partial charge on any atom is 0.223 e. The summed E-state index contributed by atoms with van der Waals surface area (Å²) in [5.41, 5.74) is 0. The first-order valence-corrected chi connectivity index (χ1v) is 7.07. The normalized spacial score (nSPS) is 23.5. The minimum atomic E-state index is 0.0824. The molecule has 1 atom stereocenters. The van der Waals surface area contributed by atoms with Crippen molar-refractivity contribution in [3.05, 3.63) is 11.6 Å². The number of carbonyl (C=O) groups excluding carboxylic acids is 1. The van der Waals surface area contributed by atoms with Gasteiger partial charge < -0.3 is 14.6 Å². The van der Waals surface area contributed by atoms with E-state index >= 15 is 0 Å². The standard InChI is InChI=1S/C13H20N4O2/c18-9-10-6-13(19)16(7-10)8-12-15-14-11-4-2-1-3-5-17(11)12/h10,18H,1-9H2. The van der Waals surface area contributed by atoms with E-state index < -0.39 is 0 Å². The minimum absolute atomic E-state index is 0.0824. The van der Waals surface area contributed by atoms with Crippen molar-refractivity contribution >= 4 is 5.91 Å². The van der Waals surface area contributed by atoms with Crippen molar-refractivity contribution in [2.45, 2.75) is 45.2 Å². The number of amides is 1. The highest BCUT2D eigenvalue weighted by Gasteiger charge is 2.30. The molecule has 0 spiro atoms.